The van der Waals surface area contributed by atoms with Gasteiger partial charge in [0, 0.05) is 46.0 Å². The van der Waals surface area contributed by atoms with Gasteiger partial charge in [0.1, 0.15) is 6.54 Å². The first-order chi connectivity index (χ1) is 11.5. The molecule has 132 valence electrons. The van der Waals surface area contributed by atoms with Crippen LogP contribution in [0.25, 0.3) is 0 Å². The van der Waals surface area contributed by atoms with Gasteiger partial charge in [0.25, 0.3) is 0 Å². The zero-order valence-corrected chi connectivity index (χ0v) is 14.4. The maximum atomic E-state index is 13.8. The Hall–Kier alpha value is -2.38. The minimum atomic E-state index is -0.310. The lowest BCUT2D eigenvalue weighted by atomic mass is 10.3. The molecule has 0 saturated carbocycles. The van der Waals surface area contributed by atoms with Crippen molar-refractivity contribution in [2.45, 2.75) is 19.4 Å². The van der Waals surface area contributed by atoms with Gasteiger partial charge < -0.3 is 20.4 Å². The quantitative estimate of drug-likeness (QED) is 0.603. The van der Waals surface area contributed by atoms with Gasteiger partial charge in [-0.15, -0.1) is 0 Å². The number of nitrogens with zero attached hydrogens (tertiary/aromatic N) is 4. The fourth-order valence-electron chi connectivity index (χ4n) is 2.48. The Labute approximate surface area is 142 Å². The second kappa shape index (κ2) is 8.47. The third kappa shape index (κ3) is 4.81. The number of nitrogens with one attached hydrogen (secondary N) is 2. The summed E-state index contributed by atoms with van der Waals surface area (Å²) in [6, 6.07) is 3.13. The van der Waals surface area contributed by atoms with Crippen LogP contribution in [0.3, 0.4) is 0 Å². The Balaban J connectivity index is 1.95. The number of pyridine rings is 1. The molecule has 8 heteroatoms. The van der Waals surface area contributed by atoms with E-state index >= 15 is 0 Å². The number of anilines is 1. The summed E-state index contributed by atoms with van der Waals surface area (Å²) in [4.78, 5) is 23.5. The fourth-order valence-corrected chi connectivity index (χ4v) is 2.48. The van der Waals surface area contributed by atoms with Crippen molar-refractivity contribution >= 4 is 17.7 Å². The van der Waals surface area contributed by atoms with Crippen LogP contribution in [0.5, 0.6) is 0 Å². The third-order valence-electron chi connectivity index (χ3n) is 3.78. The number of aliphatic imine (C=N–C) groups is 1. The van der Waals surface area contributed by atoms with Gasteiger partial charge in [-0.2, -0.15) is 0 Å². The van der Waals surface area contributed by atoms with Crippen LogP contribution in [-0.4, -0.2) is 68.1 Å². The largest absolute Gasteiger partial charge is 0.357 e. The number of carbonyl (C=O) groups is 1. The summed E-state index contributed by atoms with van der Waals surface area (Å²) in [5.74, 6) is 0.610. The van der Waals surface area contributed by atoms with Crippen molar-refractivity contribution in [1.29, 1.82) is 0 Å². The minimum Gasteiger partial charge on any atom is -0.357 e. The van der Waals surface area contributed by atoms with Crippen molar-refractivity contribution in [2.75, 3.05) is 45.2 Å². The van der Waals surface area contributed by atoms with Crippen LogP contribution in [0.4, 0.5) is 10.2 Å². The molecule has 2 heterocycles. The molecule has 0 spiro atoms. The van der Waals surface area contributed by atoms with Crippen LogP contribution < -0.4 is 15.5 Å². The topological polar surface area (TPSA) is 72.9 Å². The Bertz CT molecular complexity index is 592. The lowest BCUT2D eigenvalue weighted by Crippen LogP contribution is -2.45. The van der Waals surface area contributed by atoms with Crippen molar-refractivity contribution < 1.29 is 9.18 Å². The second-order valence-corrected chi connectivity index (χ2v) is 5.87. The first-order valence-electron chi connectivity index (χ1n) is 8.11. The predicted molar refractivity (Wildman–Crippen MR) is 92.6 cm³/mol. The molecule has 2 rings (SSSR count). The Kier molecular flexibility index (Phi) is 6.34. The van der Waals surface area contributed by atoms with Gasteiger partial charge in [-0.3, -0.25) is 4.79 Å². The number of hydrogen-bond donors (Lipinski definition) is 2. The maximum Gasteiger partial charge on any atom is 0.243 e. The van der Waals surface area contributed by atoms with Gasteiger partial charge in [-0.05, 0) is 25.5 Å². The van der Waals surface area contributed by atoms with Gasteiger partial charge in [-0.1, -0.05) is 0 Å². The maximum absolute atomic E-state index is 13.8. The first-order valence-corrected chi connectivity index (χ1v) is 8.11. The second-order valence-electron chi connectivity index (χ2n) is 5.87. The molecule has 1 fully saturated rings. The minimum absolute atomic E-state index is 0.0594. The SMILES string of the molecule is CCNC(=NCC(=O)N(C)C)NC1CCN(c2ncccc2F)C1. The zero-order valence-electron chi connectivity index (χ0n) is 14.4. The molecule has 1 aromatic heterocycles. The molecule has 1 aliphatic rings. The van der Waals surface area contributed by atoms with E-state index in [0.717, 1.165) is 13.0 Å². The Morgan fingerprint density at radius 2 is 2.33 bits per heavy atom. The van der Waals surface area contributed by atoms with Crippen molar-refractivity contribution in [3.05, 3.63) is 24.1 Å². The normalized spacial score (nSPS) is 17.8. The lowest BCUT2D eigenvalue weighted by molar-refractivity contribution is -0.127. The Morgan fingerprint density at radius 3 is 3.00 bits per heavy atom. The molecule has 0 radical (unpaired) electrons. The summed E-state index contributed by atoms with van der Waals surface area (Å²) in [7, 11) is 3.41. The van der Waals surface area contributed by atoms with Crippen LogP contribution in [-0.2, 0) is 4.79 Å². The lowest BCUT2D eigenvalue weighted by Gasteiger charge is -2.20. The smallest absolute Gasteiger partial charge is 0.243 e. The van der Waals surface area contributed by atoms with Gasteiger partial charge in [-0.25, -0.2) is 14.4 Å². The molecule has 7 nitrogen and oxygen atoms in total. The first kappa shape index (κ1) is 18.0. The number of likely N-dealkylation sites (N-methyl/N-ethyl adjacent to an activating group) is 1. The number of hydrogen-bond acceptors (Lipinski definition) is 4. The molecular weight excluding hydrogens is 311 g/mol. The van der Waals surface area contributed by atoms with E-state index in [1.807, 2.05) is 11.8 Å². The van der Waals surface area contributed by atoms with Gasteiger partial charge in [0.2, 0.25) is 5.91 Å². The van der Waals surface area contributed by atoms with E-state index in [9.17, 15) is 9.18 Å². The summed E-state index contributed by atoms with van der Waals surface area (Å²) >= 11 is 0. The average Bonchev–Trinajstić information content (AvgIpc) is 3.01. The molecule has 0 aliphatic carbocycles. The highest BCUT2D eigenvalue weighted by molar-refractivity contribution is 5.85. The number of amides is 1. The summed E-state index contributed by atoms with van der Waals surface area (Å²) < 4.78 is 13.8. The van der Waals surface area contributed by atoms with E-state index < -0.39 is 0 Å². The van der Waals surface area contributed by atoms with Crippen molar-refractivity contribution in [3.63, 3.8) is 0 Å². The molecule has 1 amide bonds. The van der Waals surface area contributed by atoms with Crippen LogP contribution in [0.15, 0.2) is 23.3 Å². The van der Waals surface area contributed by atoms with Gasteiger partial charge >= 0.3 is 0 Å². The number of guanidine groups is 1. The molecular formula is C16H25FN6O. The average molecular weight is 336 g/mol. The van der Waals surface area contributed by atoms with Gasteiger partial charge in [0.15, 0.2) is 17.6 Å². The van der Waals surface area contributed by atoms with Crippen molar-refractivity contribution in [1.82, 2.24) is 20.5 Å². The van der Waals surface area contributed by atoms with E-state index in [4.69, 9.17) is 0 Å². The summed E-state index contributed by atoms with van der Waals surface area (Å²) in [5.41, 5.74) is 0. The summed E-state index contributed by atoms with van der Waals surface area (Å²) in [6.45, 7) is 4.12. The summed E-state index contributed by atoms with van der Waals surface area (Å²) in [6.07, 6.45) is 2.44. The molecule has 0 aromatic carbocycles. The van der Waals surface area contributed by atoms with E-state index in [0.29, 0.717) is 24.9 Å². The van der Waals surface area contributed by atoms with Crippen LogP contribution >= 0.6 is 0 Å². The fraction of sp³-hybridized carbons (Fsp3) is 0.562. The predicted octanol–water partition coefficient (Wildman–Crippen LogP) is 0.443. The number of carbonyl (C=O) groups excluding carboxylic acids is 1. The standard InChI is InChI=1S/C16H25FN6O/c1-4-18-16(20-10-14(24)22(2)3)21-12-7-9-23(11-12)15-13(17)6-5-8-19-15/h5-6,8,12H,4,7,9-11H2,1-3H3,(H2,18,20,21). The molecule has 1 aliphatic heterocycles. The molecule has 24 heavy (non-hydrogen) atoms. The molecule has 0 bridgehead atoms. The number of halogens is 1. The molecule has 1 unspecified atom stereocenters. The van der Waals surface area contributed by atoms with E-state index in [1.54, 1.807) is 26.4 Å². The number of aromatic nitrogens is 1. The number of rotatable bonds is 5. The highest BCUT2D eigenvalue weighted by Gasteiger charge is 2.25. The third-order valence-corrected chi connectivity index (χ3v) is 3.78. The van der Waals surface area contributed by atoms with Crippen LogP contribution in [0.1, 0.15) is 13.3 Å². The highest BCUT2D eigenvalue weighted by Crippen LogP contribution is 2.20. The van der Waals surface area contributed by atoms with Crippen LogP contribution in [0.2, 0.25) is 0 Å². The van der Waals surface area contributed by atoms with Gasteiger partial charge in [0.05, 0.1) is 0 Å². The van der Waals surface area contributed by atoms with Crippen molar-refractivity contribution in [3.8, 4) is 0 Å². The monoisotopic (exact) mass is 336 g/mol. The molecule has 1 aromatic rings. The Morgan fingerprint density at radius 1 is 1.54 bits per heavy atom. The van der Waals surface area contributed by atoms with Crippen molar-refractivity contribution in [2.24, 2.45) is 4.99 Å². The van der Waals surface area contributed by atoms with E-state index in [1.165, 1.54) is 11.0 Å². The molecule has 1 saturated heterocycles. The van der Waals surface area contributed by atoms with Crippen LogP contribution in [0, 0.1) is 5.82 Å². The molecule has 2 N–H and O–H groups in total. The highest BCUT2D eigenvalue weighted by atomic mass is 19.1. The zero-order chi connectivity index (χ0) is 17.5. The molecule has 1 atom stereocenters. The van der Waals surface area contributed by atoms with E-state index in [2.05, 4.69) is 20.6 Å². The summed E-state index contributed by atoms with van der Waals surface area (Å²) in [5, 5.41) is 6.44. The van der Waals surface area contributed by atoms with E-state index in [-0.39, 0.29) is 24.3 Å².